The van der Waals surface area contributed by atoms with Crippen molar-refractivity contribution in [3.63, 3.8) is 0 Å². The summed E-state index contributed by atoms with van der Waals surface area (Å²) in [5, 5.41) is 5.90. The Morgan fingerprint density at radius 1 is 1.12 bits per heavy atom. The number of hydrogen-bond donors (Lipinski definition) is 2. The number of benzene rings is 1. The Morgan fingerprint density at radius 3 is 2.69 bits per heavy atom. The van der Waals surface area contributed by atoms with E-state index in [0.717, 1.165) is 38.8 Å². The summed E-state index contributed by atoms with van der Waals surface area (Å²) in [4.78, 5) is 26.9. The molecule has 1 saturated carbocycles. The molecule has 5 nitrogen and oxygen atoms in total. The van der Waals surface area contributed by atoms with E-state index in [4.69, 9.17) is 0 Å². The lowest BCUT2D eigenvalue weighted by Gasteiger charge is -2.25. The van der Waals surface area contributed by atoms with Gasteiger partial charge in [-0.05, 0) is 44.7 Å². The van der Waals surface area contributed by atoms with Gasteiger partial charge in [0.05, 0.1) is 12.6 Å². The van der Waals surface area contributed by atoms with Gasteiger partial charge in [-0.2, -0.15) is 0 Å². The summed E-state index contributed by atoms with van der Waals surface area (Å²) in [6.45, 7) is 3.89. The standard InChI is InChI=1S/C21H31N3O2/c1-16-7-5-8-17(13-16)15-24-12-6-11-19(24)21(26)22-14-20(25)23-18-9-3-2-4-10-18/h5,7-8,13,18-19H,2-4,6,9-12,14-15H2,1H3,(H,22,26)(H,23,25). The van der Waals surface area contributed by atoms with Gasteiger partial charge >= 0.3 is 0 Å². The average Bonchev–Trinajstić information content (AvgIpc) is 3.09. The Labute approximate surface area is 156 Å². The number of amides is 2. The van der Waals surface area contributed by atoms with Crippen LogP contribution in [0.2, 0.25) is 0 Å². The Bertz CT molecular complexity index is 625. The maximum Gasteiger partial charge on any atom is 0.239 e. The molecule has 142 valence electrons. The quantitative estimate of drug-likeness (QED) is 0.822. The van der Waals surface area contributed by atoms with E-state index in [1.807, 2.05) is 0 Å². The molecule has 0 radical (unpaired) electrons. The minimum atomic E-state index is -0.127. The smallest absolute Gasteiger partial charge is 0.239 e. The highest BCUT2D eigenvalue weighted by molar-refractivity contribution is 5.87. The van der Waals surface area contributed by atoms with E-state index in [1.54, 1.807) is 0 Å². The van der Waals surface area contributed by atoms with Crippen molar-refractivity contribution >= 4 is 11.8 Å². The van der Waals surface area contributed by atoms with Crippen LogP contribution in [0.3, 0.4) is 0 Å². The highest BCUT2D eigenvalue weighted by Crippen LogP contribution is 2.21. The van der Waals surface area contributed by atoms with Crippen LogP contribution in [0.4, 0.5) is 0 Å². The molecule has 26 heavy (non-hydrogen) atoms. The van der Waals surface area contributed by atoms with E-state index in [-0.39, 0.29) is 30.4 Å². The topological polar surface area (TPSA) is 61.4 Å². The van der Waals surface area contributed by atoms with Gasteiger partial charge in [0.15, 0.2) is 0 Å². The van der Waals surface area contributed by atoms with Crippen molar-refractivity contribution in [3.8, 4) is 0 Å². The van der Waals surface area contributed by atoms with Crippen LogP contribution in [0.5, 0.6) is 0 Å². The molecule has 5 heteroatoms. The number of nitrogens with one attached hydrogen (secondary N) is 2. The largest absolute Gasteiger partial charge is 0.352 e. The van der Waals surface area contributed by atoms with Gasteiger partial charge in [-0.15, -0.1) is 0 Å². The summed E-state index contributed by atoms with van der Waals surface area (Å²) < 4.78 is 0. The van der Waals surface area contributed by atoms with E-state index < -0.39 is 0 Å². The molecule has 3 rings (SSSR count). The third kappa shape index (κ3) is 5.31. The zero-order valence-corrected chi connectivity index (χ0v) is 15.8. The van der Waals surface area contributed by atoms with Crippen LogP contribution in [-0.2, 0) is 16.1 Å². The van der Waals surface area contributed by atoms with Gasteiger partial charge in [-0.1, -0.05) is 49.1 Å². The second-order valence-electron chi connectivity index (χ2n) is 7.74. The van der Waals surface area contributed by atoms with Crippen molar-refractivity contribution in [1.82, 2.24) is 15.5 Å². The van der Waals surface area contributed by atoms with Crippen LogP contribution in [0.25, 0.3) is 0 Å². The predicted octanol–water partition coefficient (Wildman–Crippen LogP) is 2.52. The molecule has 0 aromatic heterocycles. The van der Waals surface area contributed by atoms with Crippen LogP contribution in [0.15, 0.2) is 24.3 Å². The molecule has 1 unspecified atom stereocenters. The molecular formula is C21H31N3O2. The zero-order chi connectivity index (χ0) is 18.4. The number of rotatable bonds is 6. The fourth-order valence-corrected chi connectivity index (χ4v) is 4.17. The molecule has 1 aromatic carbocycles. The highest BCUT2D eigenvalue weighted by Gasteiger charge is 2.30. The minimum absolute atomic E-state index is 0.0195. The van der Waals surface area contributed by atoms with Gasteiger partial charge in [0.1, 0.15) is 0 Å². The number of aryl methyl sites for hydroxylation is 1. The Hall–Kier alpha value is -1.88. The second kappa shape index (κ2) is 9.17. The Kier molecular flexibility index (Phi) is 6.67. The van der Waals surface area contributed by atoms with E-state index in [9.17, 15) is 9.59 Å². The first-order valence-corrected chi connectivity index (χ1v) is 9.98. The molecule has 1 aromatic rings. The fourth-order valence-electron chi connectivity index (χ4n) is 4.17. The summed E-state index contributed by atoms with van der Waals surface area (Å²) in [7, 11) is 0. The third-order valence-corrected chi connectivity index (χ3v) is 5.53. The maximum atomic E-state index is 12.6. The van der Waals surface area contributed by atoms with Crippen LogP contribution in [0, 0.1) is 6.92 Å². The van der Waals surface area contributed by atoms with Gasteiger partial charge in [0.2, 0.25) is 11.8 Å². The van der Waals surface area contributed by atoms with Crippen molar-refractivity contribution < 1.29 is 9.59 Å². The summed E-state index contributed by atoms with van der Waals surface area (Å²) in [6.07, 6.45) is 7.65. The van der Waals surface area contributed by atoms with E-state index in [2.05, 4.69) is 46.7 Å². The molecular weight excluding hydrogens is 326 g/mol. The van der Waals surface area contributed by atoms with Crippen molar-refractivity contribution in [2.75, 3.05) is 13.1 Å². The lowest BCUT2D eigenvalue weighted by molar-refractivity contribution is -0.129. The third-order valence-electron chi connectivity index (χ3n) is 5.53. The summed E-state index contributed by atoms with van der Waals surface area (Å²) >= 11 is 0. The number of hydrogen-bond acceptors (Lipinski definition) is 3. The lowest BCUT2D eigenvalue weighted by atomic mass is 9.95. The Morgan fingerprint density at radius 2 is 1.92 bits per heavy atom. The first-order valence-electron chi connectivity index (χ1n) is 9.98. The van der Waals surface area contributed by atoms with Gasteiger partial charge in [-0.3, -0.25) is 14.5 Å². The molecule has 0 spiro atoms. The van der Waals surface area contributed by atoms with Gasteiger partial charge < -0.3 is 10.6 Å². The van der Waals surface area contributed by atoms with Crippen LogP contribution in [-0.4, -0.2) is 41.9 Å². The van der Waals surface area contributed by atoms with E-state index >= 15 is 0 Å². The number of carbonyl (C=O) groups is 2. The summed E-state index contributed by atoms with van der Waals surface area (Å²) in [5.74, 6) is -0.0811. The first-order chi connectivity index (χ1) is 12.6. The Balaban J connectivity index is 1.46. The number of carbonyl (C=O) groups excluding carboxylic acids is 2. The van der Waals surface area contributed by atoms with Gasteiger partial charge in [0, 0.05) is 12.6 Å². The van der Waals surface area contributed by atoms with E-state index in [0.29, 0.717) is 0 Å². The monoisotopic (exact) mass is 357 g/mol. The van der Waals surface area contributed by atoms with Crippen molar-refractivity contribution in [3.05, 3.63) is 35.4 Å². The first kappa shape index (κ1) is 18.9. The molecule has 1 atom stereocenters. The molecule has 1 aliphatic heterocycles. The fraction of sp³-hybridized carbons (Fsp3) is 0.619. The highest BCUT2D eigenvalue weighted by atomic mass is 16.2. The minimum Gasteiger partial charge on any atom is -0.352 e. The average molecular weight is 357 g/mol. The molecule has 2 aliphatic rings. The van der Waals surface area contributed by atoms with Crippen molar-refractivity contribution in [2.45, 2.75) is 70.5 Å². The molecule has 0 bridgehead atoms. The van der Waals surface area contributed by atoms with Gasteiger partial charge in [-0.25, -0.2) is 0 Å². The number of nitrogens with zero attached hydrogens (tertiary/aromatic N) is 1. The van der Waals surface area contributed by atoms with Crippen LogP contribution < -0.4 is 10.6 Å². The van der Waals surface area contributed by atoms with E-state index in [1.165, 1.54) is 30.4 Å². The van der Waals surface area contributed by atoms with Crippen LogP contribution in [0.1, 0.15) is 56.1 Å². The maximum absolute atomic E-state index is 12.6. The van der Waals surface area contributed by atoms with Crippen LogP contribution >= 0.6 is 0 Å². The van der Waals surface area contributed by atoms with Crippen molar-refractivity contribution in [1.29, 1.82) is 0 Å². The molecule has 2 amide bonds. The lowest BCUT2D eigenvalue weighted by Crippen LogP contribution is -2.47. The molecule has 2 N–H and O–H groups in total. The molecule has 2 fully saturated rings. The zero-order valence-electron chi connectivity index (χ0n) is 15.8. The molecule has 1 aliphatic carbocycles. The normalized spacial score (nSPS) is 21.5. The summed E-state index contributed by atoms with van der Waals surface area (Å²) in [6, 6.07) is 8.59. The molecule has 1 saturated heterocycles. The van der Waals surface area contributed by atoms with Gasteiger partial charge in [0.25, 0.3) is 0 Å². The summed E-state index contributed by atoms with van der Waals surface area (Å²) in [5.41, 5.74) is 2.47. The predicted molar refractivity (Wildman–Crippen MR) is 103 cm³/mol. The second-order valence-corrected chi connectivity index (χ2v) is 7.74. The molecule has 1 heterocycles. The van der Waals surface area contributed by atoms with Crippen molar-refractivity contribution in [2.24, 2.45) is 0 Å². The SMILES string of the molecule is Cc1cccc(CN2CCCC2C(=O)NCC(=O)NC2CCCCC2)c1. The number of likely N-dealkylation sites (tertiary alicyclic amines) is 1.